The van der Waals surface area contributed by atoms with Crippen molar-refractivity contribution >= 4 is 0 Å². The molecule has 0 amide bonds. The predicted molar refractivity (Wildman–Crippen MR) is 60.5 cm³/mol. The van der Waals surface area contributed by atoms with Crippen LogP contribution in [0, 0.1) is 5.92 Å². The van der Waals surface area contributed by atoms with E-state index in [1.807, 2.05) is 0 Å². The van der Waals surface area contributed by atoms with Gasteiger partial charge < -0.3 is 10.1 Å². The Kier molecular flexibility index (Phi) is 5.49. The van der Waals surface area contributed by atoms with Crippen LogP contribution in [0.25, 0.3) is 0 Å². The minimum absolute atomic E-state index is 0.554. The molecular formula is C12H25NO. The van der Waals surface area contributed by atoms with Crippen molar-refractivity contribution in [3.8, 4) is 0 Å². The summed E-state index contributed by atoms with van der Waals surface area (Å²) in [5.41, 5.74) is 0. The van der Waals surface area contributed by atoms with Gasteiger partial charge in [-0.15, -0.1) is 0 Å². The molecular weight excluding hydrogens is 174 g/mol. The van der Waals surface area contributed by atoms with E-state index in [1.54, 1.807) is 0 Å². The molecule has 0 saturated carbocycles. The smallest absolute Gasteiger partial charge is 0.0576 e. The van der Waals surface area contributed by atoms with E-state index in [0.29, 0.717) is 12.1 Å². The zero-order chi connectivity index (χ0) is 10.4. The first-order chi connectivity index (χ1) is 6.68. The zero-order valence-corrected chi connectivity index (χ0v) is 9.88. The molecule has 2 heteroatoms. The topological polar surface area (TPSA) is 21.3 Å². The summed E-state index contributed by atoms with van der Waals surface area (Å²) in [4.78, 5) is 0. The van der Waals surface area contributed by atoms with Crippen LogP contribution in [0.5, 0.6) is 0 Å². The van der Waals surface area contributed by atoms with Crippen molar-refractivity contribution < 1.29 is 4.74 Å². The van der Waals surface area contributed by atoms with Gasteiger partial charge in [0.25, 0.3) is 0 Å². The second kappa shape index (κ2) is 6.41. The van der Waals surface area contributed by atoms with Gasteiger partial charge in [0.15, 0.2) is 0 Å². The summed E-state index contributed by atoms with van der Waals surface area (Å²) in [5, 5.41) is 3.55. The van der Waals surface area contributed by atoms with E-state index in [0.717, 1.165) is 19.1 Å². The number of ether oxygens (including phenoxy) is 1. The normalized spacial score (nSPS) is 24.4. The fourth-order valence-corrected chi connectivity index (χ4v) is 1.85. The molecule has 0 bridgehead atoms. The number of hydrogen-bond acceptors (Lipinski definition) is 2. The van der Waals surface area contributed by atoms with Crippen molar-refractivity contribution in [2.45, 2.75) is 58.6 Å². The molecule has 2 nitrogen and oxygen atoms in total. The molecule has 1 aliphatic rings. The molecule has 14 heavy (non-hydrogen) atoms. The van der Waals surface area contributed by atoms with Crippen molar-refractivity contribution in [3.63, 3.8) is 0 Å². The Morgan fingerprint density at radius 2 is 2.14 bits per heavy atom. The lowest BCUT2D eigenvalue weighted by Crippen LogP contribution is -2.30. The Morgan fingerprint density at radius 1 is 1.36 bits per heavy atom. The van der Waals surface area contributed by atoms with Gasteiger partial charge in [-0.1, -0.05) is 13.8 Å². The van der Waals surface area contributed by atoms with Gasteiger partial charge in [-0.3, -0.25) is 0 Å². The van der Waals surface area contributed by atoms with Crippen molar-refractivity contribution in [2.24, 2.45) is 5.92 Å². The first-order valence-electron chi connectivity index (χ1n) is 6.03. The SMILES string of the molecule is CC(C)CNC(C)CCC1CCCO1. The molecule has 0 aliphatic carbocycles. The molecule has 1 fully saturated rings. The number of hydrogen-bond donors (Lipinski definition) is 1. The summed E-state index contributed by atoms with van der Waals surface area (Å²) in [6.45, 7) is 8.89. The fraction of sp³-hybridized carbons (Fsp3) is 1.00. The molecule has 0 spiro atoms. The van der Waals surface area contributed by atoms with Gasteiger partial charge in [-0.2, -0.15) is 0 Å². The van der Waals surface area contributed by atoms with E-state index in [9.17, 15) is 0 Å². The van der Waals surface area contributed by atoms with Crippen LogP contribution in [-0.4, -0.2) is 25.3 Å². The van der Waals surface area contributed by atoms with Crippen molar-refractivity contribution in [1.82, 2.24) is 5.32 Å². The Bertz CT molecular complexity index is 141. The highest BCUT2D eigenvalue weighted by Gasteiger charge is 2.16. The first-order valence-corrected chi connectivity index (χ1v) is 6.03. The molecule has 1 aliphatic heterocycles. The molecule has 0 radical (unpaired) electrons. The van der Waals surface area contributed by atoms with E-state index >= 15 is 0 Å². The lowest BCUT2D eigenvalue weighted by Gasteiger charge is -2.17. The van der Waals surface area contributed by atoms with E-state index in [2.05, 4.69) is 26.1 Å². The minimum atomic E-state index is 0.554. The molecule has 1 saturated heterocycles. The second-order valence-electron chi connectivity index (χ2n) is 4.92. The van der Waals surface area contributed by atoms with Crippen LogP contribution in [0.3, 0.4) is 0 Å². The third-order valence-electron chi connectivity index (χ3n) is 2.82. The van der Waals surface area contributed by atoms with Crippen LogP contribution >= 0.6 is 0 Å². The summed E-state index contributed by atoms with van der Waals surface area (Å²) in [6, 6.07) is 0.640. The van der Waals surface area contributed by atoms with Crippen LogP contribution in [0.1, 0.15) is 46.5 Å². The molecule has 2 atom stereocenters. The minimum Gasteiger partial charge on any atom is -0.378 e. The summed E-state index contributed by atoms with van der Waals surface area (Å²) in [6.07, 6.45) is 5.57. The molecule has 0 aromatic heterocycles. The maximum atomic E-state index is 5.60. The van der Waals surface area contributed by atoms with Gasteiger partial charge in [0.05, 0.1) is 6.10 Å². The van der Waals surface area contributed by atoms with Crippen LogP contribution in [-0.2, 0) is 4.74 Å². The lowest BCUT2D eigenvalue weighted by molar-refractivity contribution is 0.1000. The maximum Gasteiger partial charge on any atom is 0.0576 e. The largest absolute Gasteiger partial charge is 0.378 e. The highest BCUT2D eigenvalue weighted by atomic mass is 16.5. The summed E-state index contributed by atoms with van der Waals surface area (Å²) in [7, 11) is 0. The van der Waals surface area contributed by atoms with Gasteiger partial charge in [0.2, 0.25) is 0 Å². The molecule has 1 rings (SSSR count). The average molecular weight is 199 g/mol. The molecule has 1 heterocycles. The highest BCUT2D eigenvalue weighted by molar-refractivity contribution is 4.69. The monoisotopic (exact) mass is 199 g/mol. The van der Waals surface area contributed by atoms with E-state index in [4.69, 9.17) is 4.74 Å². The average Bonchev–Trinajstić information content (AvgIpc) is 2.63. The summed E-state index contributed by atoms with van der Waals surface area (Å²) >= 11 is 0. The Labute approximate surface area is 88.4 Å². The van der Waals surface area contributed by atoms with Crippen LogP contribution in [0.15, 0.2) is 0 Å². The summed E-state index contributed by atoms with van der Waals surface area (Å²) < 4.78 is 5.60. The standard InChI is InChI=1S/C12H25NO/c1-10(2)9-13-11(3)6-7-12-5-4-8-14-12/h10-13H,4-9H2,1-3H3. The van der Waals surface area contributed by atoms with E-state index in [-0.39, 0.29) is 0 Å². The van der Waals surface area contributed by atoms with E-state index < -0.39 is 0 Å². The van der Waals surface area contributed by atoms with Crippen LogP contribution in [0.2, 0.25) is 0 Å². The van der Waals surface area contributed by atoms with Gasteiger partial charge >= 0.3 is 0 Å². The first kappa shape index (κ1) is 12.0. The number of rotatable bonds is 6. The van der Waals surface area contributed by atoms with Crippen molar-refractivity contribution in [1.29, 1.82) is 0 Å². The van der Waals surface area contributed by atoms with E-state index in [1.165, 1.54) is 25.7 Å². The molecule has 0 aromatic rings. The Balaban J connectivity index is 1.99. The van der Waals surface area contributed by atoms with Gasteiger partial charge in [0, 0.05) is 12.6 Å². The Hall–Kier alpha value is -0.0800. The third kappa shape index (κ3) is 4.97. The predicted octanol–water partition coefficient (Wildman–Crippen LogP) is 2.58. The molecule has 1 N–H and O–H groups in total. The third-order valence-corrected chi connectivity index (χ3v) is 2.82. The Morgan fingerprint density at radius 3 is 2.71 bits per heavy atom. The fourth-order valence-electron chi connectivity index (χ4n) is 1.85. The molecule has 2 unspecified atom stereocenters. The lowest BCUT2D eigenvalue weighted by atomic mass is 10.1. The van der Waals surface area contributed by atoms with Gasteiger partial charge in [0.1, 0.15) is 0 Å². The quantitative estimate of drug-likeness (QED) is 0.710. The molecule has 0 aromatic carbocycles. The summed E-state index contributed by atoms with van der Waals surface area (Å²) in [5.74, 6) is 0.750. The zero-order valence-electron chi connectivity index (χ0n) is 9.88. The number of nitrogens with one attached hydrogen (secondary N) is 1. The van der Waals surface area contributed by atoms with Gasteiger partial charge in [-0.05, 0) is 45.1 Å². The maximum absolute atomic E-state index is 5.60. The molecule has 84 valence electrons. The van der Waals surface area contributed by atoms with Crippen molar-refractivity contribution in [3.05, 3.63) is 0 Å². The van der Waals surface area contributed by atoms with Crippen LogP contribution < -0.4 is 5.32 Å². The van der Waals surface area contributed by atoms with Crippen molar-refractivity contribution in [2.75, 3.05) is 13.2 Å². The van der Waals surface area contributed by atoms with Gasteiger partial charge in [-0.25, -0.2) is 0 Å². The highest BCUT2D eigenvalue weighted by Crippen LogP contribution is 2.17. The second-order valence-corrected chi connectivity index (χ2v) is 4.92. The van der Waals surface area contributed by atoms with Crippen LogP contribution in [0.4, 0.5) is 0 Å².